The quantitative estimate of drug-likeness (QED) is 0.790. The molecule has 22 heavy (non-hydrogen) atoms. The molecule has 1 fully saturated rings. The molecule has 1 aromatic carbocycles. The first kappa shape index (κ1) is 19.0. The molecular weight excluding hydrogens is 296 g/mol. The lowest BCUT2D eigenvalue weighted by atomic mass is 10.1. The molecule has 0 bridgehead atoms. The summed E-state index contributed by atoms with van der Waals surface area (Å²) in [5.41, 5.74) is 3.26. The number of nitrogens with one attached hydrogen (secondary N) is 1. The molecule has 2 rings (SSSR count). The van der Waals surface area contributed by atoms with Crippen molar-refractivity contribution in [2.45, 2.75) is 58.9 Å². The van der Waals surface area contributed by atoms with Crippen LogP contribution in [0.5, 0.6) is 0 Å². The molecule has 124 valence electrons. The SMILES string of the molecule is CCCCCN1CCCC1C(=O)Nc1c(C)cccc1C.Cl. The Morgan fingerprint density at radius 2 is 1.95 bits per heavy atom. The van der Waals surface area contributed by atoms with E-state index in [0.29, 0.717) is 0 Å². The summed E-state index contributed by atoms with van der Waals surface area (Å²) in [6, 6.07) is 6.19. The molecular formula is C18H29ClN2O. The summed E-state index contributed by atoms with van der Waals surface area (Å²) in [5, 5.41) is 3.16. The molecule has 0 spiro atoms. The first-order valence-electron chi connectivity index (χ1n) is 8.24. The van der Waals surface area contributed by atoms with Crippen LogP contribution in [0.25, 0.3) is 0 Å². The lowest BCUT2D eigenvalue weighted by molar-refractivity contribution is -0.120. The Balaban J connectivity index is 0.00000242. The van der Waals surface area contributed by atoms with E-state index in [4.69, 9.17) is 0 Å². The third kappa shape index (κ3) is 4.72. The lowest BCUT2D eigenvalue weighted by Gasteiger charge is -2.24. The van der Waals surface area contributed by atoms with Crippen LogP contribution in [0.4, 0.5) is 5.69 Å². The minimum atomic E-state index is 0. The highest BCUT2D eigenvalue weighted by atomic mass is 35.5. The van der Waals surface area contributed by atoms with Crippen LogP contribution in [-0.2, 0) is 4.79 Å². The number of carbonyl (C=O) groups is 1. The third-order valence-electron chi connectivity index (χ3n) is 4.44. The van der Waals surface area contributed by atoms with Crippen molar-refractivity contribution in [3.63, 3.8) is 0 Å². The zero-order chi connectivity index (χ0) is 15.2. The Kier molecular flexibility index (Phi) is 7.91. The van der Waals surface area contributed by atoms with Crippen molar-refractivity contribution in [2.24, 2.45) is 0 Å². The van der Waals surface area contributed by atoms with Gasteiger partial charge in [0.1, 0.15) is 0 Å². The highest BCUT2D eigenvalue weighted by Crippen LogP contribution is 2.23. The number of hydrogen-bond donors (Lipinski definition) is 1. The van der Waals surface area contributed by atoms with E-state index >= 15 is 0 Å². The Hall–Kier alpha value is -1.06. The Morgan fingerprint density at radius 3 is 2.59 bits per heavy atom. The van der Waals surface area contributed by atoms with Crippen molar-refractivity contribution in [2.75, 3.05) is 18.4 Å². The molecule has 1 saturated heterocycles. The number of aryl methyl sites for hydroxylation is 2. The van der Waals surface area contributed by atoms with E-state index in [-0.39, 0.29) is 24.4 Å². The monoisotopic (exact) mass is 324 g/mol. The van der Waals surface area contributed by atoms with Gasteiger partial charge in [0.15, 0.2) is 0 Å². The van der Waals surface area contributed by atoms with Gasteiger partial charge in [-0.2, -0.15) is 0 Å². The normalized spacial score (nSPS) is 18.0. The molecule has 1 aliphatic rings. The summed E-state index contributed by atoms with van der Waals surface area (Å²) in [6.07, 6.45) is 5.80. The number of carbonyl (C=O) groups excluding carboxylic acids is 1. The average molecular weight is 325 g/mol. The fraction of sp³-hybridized carbons (Fsp3) is 0.611. The number of benzene rings is 1. The van der Waals surface area contributed by atoms with Gasteiger partial charge in [0, 0.05) is 5.69 Å². The van der Waals surface area contributed by atoms with Crippen LogP contribution in [0.3, 0.4) is 0 Å². The smallest absolute Gasteiger partial charge is 0.241 e. The number of para-hydroxylation sites is 1. The average Bonchev–Trinajstić information content (AvgIpc) is 2.92. The molecule has 1 unspecified atom stereocenters. The highest BCUT2D eigenvalue weighted by Gasteiger charge is 2.30. The number of unbranched alkanes of at least 4 members (excludes halogenated alkanes) is 2. The van der Waals surface area contributed by atoms with Crippen LogP contribution in [0.1, 0.15) is 50.2 Å². The van der Waals surface area contributed by atoms with E-state index in [0.717, 1.165) is 42.7 Å². The number of hydrogen-bond acceptors (Lipinski definition) is 2. The number of nitrogens with zero attached hydrogens (tertiary/aromatic N) is 1. The molecule has 1 aliphatic heterocycles. The fourth-order valence-electron chi connectivity index (χ4n) is 3.17. The predicted octanol–water partition coefficient (Wildman–Crippen LogP) is 4.32. The zero-order valence-electron chi connectivity index (χ0n) is 14.0. The second-order valence-corrected chi connectivity index (χ2v) is 6.16. The lowest BCUT2D eigenvalue weighted by Crippen LogP contribution is -2.40. The van der Waals surface area contributed by atoms with Gasteiger partial charge in [-0.1, -0.05) is 38.0 Å². The van der Waals surface area contributed by atoms with E-state index in [1.165, 1.54) is 19.3 Å². The number of likely N-dealkylation sites (tertiary alicyclic amines) is 1. The van der Waals surface area contributed by atoms with Crippen LogP contribution < -0.4 is 5.32 Å². The molecule has 0 aliphatic carbocycles. The molecule has 0 aromatic heterocycles. The van der Waals surface area contributed by atoms with E-state index in [9.17, 15) is 4.79 Å². The standard InChI is InChI=1S/C18H28N2O.ClH/c1-4-5-6-12-20-13-8-11-16(20)18(21)19-17-14(2)9-7-10-15(17)3;/h7,9-10,16H,4-6,8,11-13H2,1-3H3,(H,19,21);1H. The second-order valence-electron chi connectivity index (χ2n) is 6.16. The maximum atomic E-state index is 12.6. The molecule has 3 nitrogen and oxygen atoms in total. The molecule has 1 amide bonds. The van der Waals surface area contributed by atoms with Crippen molar-refractivity contribution in [3.05, 3.63) is 29.3 Å². The maximum absolute atomic E-state index is 12.6. The van der Waals surface area contributed by atoms with E-state index in [1.54, 1.807) is 0 Å². The van der Waals surface area contributed by atoms with Gasteiger partial charge in [0.25, 0.3) is 0 Å². The molecule has 1 aromatic rings. The van der Waals surface area contributed by atoms with Crippen LogP contribution in [-0.4, -0.2) is 29.9 Å². The number of anilines is 1. The summed E-state index contributed by atoms with van der Waals surface area (Å²) in [7, 11) is 0. The largest absolute Gasteiger partial charge is 0.324 e. The summed E-state index contributed by atoms with van der Waals surface area (Å²) in [5.74, 6) is 0.168. The minimum Gasteiger partial charge on any atom is -0.324 e. The Morgan fingerprint density at radius 1 is 1.27 bits per heavy atom. The van der Waals surface area contributed by atoms with Crippen LogP contribution >= 0.6 is 12.4 Å². The molecule has 1 N–H and O–H groups in total. The molecule has 1 heterocycles. The number of amides is 1. The van der Waals surface area contributed by atoms with Crippen LogP contribution in [0.2, 0.25) is 0 Å². The van der Waals surface area contributed by atoms with Crippen molar-refractivity contribution < 1.29 is 4.79 Å². The van der Waals surface area contributed by atoms with Gasteiger partial charge in [-0.25, -0.2) is 0 Å². The van der Waals surface area contributed by atoms with Gasteiger partial charge < -0.3 is 5.32 Å². The van der Waals surface area contributed by atoms with Gasteiger partial charge in [0.05, 0.1) is 6.04 Å². The molecule has 0 radical (unpaired) electrons. The molecule has 0 saturated carbocycles. The Bertz CT molecular complexity index is 470. The maximum Gasteiger partial charge on any atom is 0.241 e. The molecule has 4 heteroatoms. The van der Waals surface area contributed by atoms with Crippen molar-refractivity contribution in [1.29, 1.82) is 0 Å². The zero-order valence-corrected chi connectivity index (χ0v) is 14.8. The third-order valence-corrected chi connectivity index (χ3v) is 4.44. The first-order chi connectivity index (χ1) is 10.1. The van der Waals surface area contributed by atoms with Gasteiger partial charge in [-0.15, -0.1) is 12.4 Å². The highest BCUT2D eigenvalue weighted by molar-refractivity contribution is 5.96. The van der Waals surface area contributed by atoms with Gasteiger partial charge >= 0.3 is 0 Å². The van der Waals surface area contributed by atoms with Crippen LogP contribution in [0, 0.1) is 13.8 Å². The van der Waals surface area contributed by atoms with Crippen molar-refractivity contribution in [3.8, 4) is 0 Å². The second kappa shape index (κ2) is 9.16. The summed E-state index contributed by atoms with van der Waals surface area (Å²) in [6.45, 7) is 8.44. The molecule has 1 atom stereocenters. The fourth-order valence-corrected chi connectivity index (χ4v) is 3.17. The van der Waals surface area contributed by atoms with E-state index < -0.39 is 0 Å². The van der Waals surface area contributed by atoms with Crippen LogP contribution in [0.15, 0.2) is 18.2 Å². The summed E-state index contributed by atoms with van der Waals surface area (Å²) in [4.78, 5) is 15.0. The predicted molar refractivity (Wildman–Crippen MR) is 95.9 cm³/mol. The first-order valence-corrected chi connectivity index (χ1v) is 8.24. The summed E-state index contributed by atoms with van der Waals surface area (Å²) < 4.78 is 0. The van der Waals surface area contributed by atoms with Crippen molar-refractivity contribution in [1.82, 2.24) is 4.90 Å². The minimum absolute atomic E-state index is 0. The van der Waals surface area contributed by atoms with Gasteiger partial charge in [0.2, 0.25) is 5.91 Å². The van der Waals surface area contributed by atoms with E-state index in [1.807, 2.05) is 6.07 Å². The van der Waals surface area contributed by atoms with Crippen molar-refractivity contribution >= 4 is 24.0 Å². The Labute approximate surface area is 140 Å². The van der Waals surface area contributed by atoms with Gasteiger partial charge in [-0.3, -0.25) is 9.69 Å². The number of halogens is 1. The van der Waals surface area contributed by atoms with Gasteiger partial charge in [-0.05, 0) is 57.3 Å². The van der Waals surface area contributed by atoms with E-state index in [2.05, 4.69) is 43.1 Å². The summed E-state index contributed by atoms with van der Waals surface area (Å²) >= 11 is 0. The topological polar surface area (TPSA) is 32.3 Å². The number of rotatable bonds is 6.